The zero-order valence-corrected chi connectivity index (χ0v) is 11.8. The maximum atomic E-state index is 9.47. The van der Waals surface area contributed by atoms with Crippen molar-refractivity contribution in [3.05, 3.63) is 40.3 Å². The van der Waals surface area contributed by atoms with Gasteiger partial charge >= 0.3 is 0 Å². The lowest BCUT2D eigenvalue weighted by Gasteiger charge is -2.06. The summed E-state index contributed by atoms with van der Waals surface area (Å²) in [6.07, 6.45) is 2.04. The zero-order chi connectivity index (χ0) is 12.8. The molecule has 3 rings (SSSR count). The van der Waals surface area contributed by atoms with Crippen molar-refractivity contribution >= 4 is 15.9 Å². The van der Waals surface area contributed by atoms with Crippen molar-refractivity contribution in [1.29, 1.82) is 0 Å². The number of hydrogen-bond acceptors (Lipinski definition) is 2. The first-order valence-electron chi connectivity index (χ1n) is 6.09. The standard InChI is InChI=1S/C14H15BrN2O/c1-9-12(10-4-2-3-5-11(10)15)17-13(16-9)14(8-18)6-7-14/h2-5,18H,6-8H2,1H3,(H,16,17). The molecule has 0 bridgehead atoms. The van der Waals surface area contributed by atoms with Crippen molar-refractivity contribution in [3.8, 4) is 11.3 Å². The molecule has 0 atom stereocenters. The number of nitrogens with zero attached hydrogens (tertiary/aromatic N) is 1. The lowest BCUT2D eigenvalue weighted by Crippen LogP contribution is -2.13. The fraction of sp³-hybridized carbons (Fsp3) is 0.357. The summed E-state index contributed by atoms with van der Waals surface area (Å²) in [6.45, 7) is 2.20. The first-order chi connectivity index (χ1) is 8.66. The number of hydrogen-bond donors (Lipinski definition) is 2. The fourth-order valence-electron chi connectivity index (χ4n) is 2.25. The number of aromatic nitrogens is 2. The summed E-state index contributed by atoms with van der Waals surface area (Å²) in [6, 6.07) is 8.07. The molecule has 1 aliphatic carbocycles. The first kappa shape index (κ1) is 11.9. The molecule has 1 aromatic carbocycles. The maximum Gasteiger partial charge on any atom is 0.115 e. The molecule has 1 fully saturated rings. The summed E-state index contributed by atoms with van der Waals surface area (Å²) < 4.78 is 1.04. The Balaban J connectivity index is 2.07. The van der Waals surface area contributed by atoms with Crippen molar-refractivity contribution in [1.82, 2.24) is 9.97 Å². The van der Waals surface area contributed by atoms with E-state index in [0.717, 1.165) is 40.1 Å². The van der Waals surface area contributed by atoms with Gasteiger partial charge in [-0.15, -0.1) is 0 Å². The van der Waals surface area contributed by atoms with Gasteiger partial charge in [0.25, 0.3) is 0 Å². The summed E-state index contributed by atoms with van der Waals surface area (Å²) in [4.78, 5) is 8.03. The van der Waals surface area contributed by atoms with Crippen LogP contribution in [0.5, 0.6) is 0 Å². The average Bonchev–Trinajstić information content (AvgIpc) is 3.08. The monoisotopic (exact) mass is 306 g/mol. The molecule has 1 aromatic heterocycles. The number of rotatable bonds is 3. The number of aryl methyl sites for hydroxylation is 1. The highest BCUT2D eigenvalue weighted by molar-refractivity contribution is 9.10. The third kappa shape index (κ3) is 1.80. The third-order valence-electron chi connectivity index (χ3n) is 3.67. The fourth-order valence-corrected chi connectivity index (χ4v) is 2.72. The van der Waals surface area contributed by atoms with Crippen LogP contribution < -0.4 is 0 Å². The SMILES string of the molecule is Cc1[nH]c(C2(CO)CC2)nc1-c1ccccc1Br. The molecule has 1 saturated carbocycles. The highest BCUT2D eigenvalue weighted by Gasteiger charge is 2.46. The third-order valence-corrected chi connectivity index (χ3v) is 4.36. The minimum absolute atomic E-state index is 0.107. The van der Waals surface area contributed by atoms with Gasteiger partial charge in [-0.25, -0.2) is 4.98 Å². The maximum absolute atomic E-state index is 9.47. The molecule has 0 radical (unpaired) electrons. The molecule has 1 aliphatic rings. The number of imidazole rings is 1. The normalized spacial score (nSPS) is 16.8. The summed E-state index contributed by atoms with van der Waals surface area (Å²) in [7, 11) is 0. The van der Waals surface area contributed by atoms with E-state index in [4.69, 9.17) is 4.98 Å². The van der Waals surface area contributed by atoms with Crippen LogP contribution in [0.2, 0.25) is 0 Å². The summed E-state index contributed by atoms with van der Waals surface area (Å²) in [5.41, 5.74) is 3.00. The molecule has 4 heteroatoms. The Hall–Kier alpha value is -1.13. The summed E-state index contributed by atoms with van der Waals surface area (Å²) >= 11 is 3.56. The lowest BCUT2D eigenvalue weighted by molar-refractivity contribution is 0.250. The van der Waals surface area contributed by atoms with Gasteiger partial charge in [-0.2, -0.15) is 0 Å². The van der Waals surface area contributed by atoms with E-state index in [1.165, 1.54) is 0 Å². The van der Waals surface area contributed by atoms with Crippen LogP contribution in [0, 0.1) is 6.92 Å². The molecule has 0 spiro atoms. The molecule has 18 heavy (non-hydrogen) atoms. The molecular formula is C14H15BrN2O. The number of aliphatic hydroxyl groups excluding tert-OH is 1. The van der Waals surface area contributed by atoms with Crippen LogP contribution in [0.4, 0.5) is 0 Å². The Bertz CT molecular complexity index is 587. The second kappa shape index (κ2) is 4.21. The highest BCUT2D eigenvalue weighted by Crippen LogP contribution is 2.47. The van der Waals surface area contributed by atoms with Gasteiger partial charge in [-0.1, -0.05) is 34.1 Å². The molecule has 2 aromatic rings. The van der Waals surface area contributed by atoms with Crippen molar-refractivity contribution in [2.24, 2.45) is 0 Å². The van der Waals surface area contributed by atoms with Crippen molar-refractivity contribution < 1.29 is 5.11 Å². The second-order valence-corrected chi connectivity index (χ2v) is 5.83. The average molecular weight is 307 g/mol. The van der Waals surface area contributed by atoms with E-state index in [0.29, 0.717) is 0 Å². The molecule has 0 unspecified atom stereocenters. The van der Waals surface area contributed by atoms with Crippen molar-refractivity contribution in [2.45, 2.75) is 25.2 Å². The quantitative estimate of drug-likeness (QED) is 0.915. The predicted molar refractivity (Wildman–Crippen MR) is 74.5 cm³/mol. The number of halogens is 1. The van der Waals surface area contributed by atoms with Gasteiger partial charge in [0.2, 0.25) is 0 Å². The topological polar surface area (TPSA) is 48.9 Å². The van der Waals surface area contributed by atoms with Crippen molar-refractivity contribution in [2.75, 3.05) is 6.61 Å². The van der Waals surface area contributed by atoms with Gasteiger partial charge in [0, 0.05) is 15.7 Å². The van der Waals surface area contributed by atoms with Gasteiger partial charge in [-0.05, 0) is 25.8 Å². The van der Waals surface area contributed by atoms with Crippen molar-refractivity contribution in [3.63, 3.8) is 0 Å². The van der Waals surface area contributed by atoms with Crippen LogP contribution in [0.3, 0.4) is 0 Å². The smallest absolute Gasteiger partial charge is 0.115 e. The van der Waals surface area contributed by atoms with Gasteiger partial charge in [0.15, 0.2) is 0 Å². The van der Waals surface area contributed by atoms with E-state index in [1.54, 1.807) is 0 Å². The van der Waals surface area contributed by atoms with E-state index in [9.17, 15) is 5.11 Å². The second-order valence-electron chi connectivity index (χ2n) is 4.98. The van der Waals surface area contributed by atoms with Gasteiger partial charge in [0.1, 0.15) is 5.82 Å². The molecule has 94 valence electrons. The molecule has 2 N–H and O–H groups in total. The largest absolute Gasteiger partial charge is 0.395 e. The number of aromatic amines is 1. The van der Waals surface area contributed by atoms with Crippen LogP contribution in [-0.4, -0.2) is 21.7 Å². The number of nitrogens with one attached hydrogen (secondary N) is 1. The van der Waals surface area contributed by atoms with Crippen LogP contribution in [0.25, 0.3) is 11.3 Å². The van der Waals surface area contributed by atoms with Crippen LogP contribution in [0.1, 0.15) is 24.4 Å². The highest BCUT2D eigenvalue weighted by atomic mass is 79.9. The molecule has 0 aliphatic heterocycles. The van der Waals surface area contributed by atoms with Crippen LogP contribution in [0.15, 0.2) is 28.7 Å². The van der Waals surface area contributed by atoms with Gasteiger partial charge in [-0.3, -0.25) is 0 Å². The van der Waals surface area contributed by atoms with E-state index in [-0.39, 0.29) is 12.0 Å². The summed E-state index contributed by atoms with van der Waals surface area (Å²) in [5, 5.41) is 9.47. The Morgan fingerprint density at radius 2 is 2.11 bits per heavy atom. The molecule has 0 amide bonds. The van der Waals surface area contributed by atoms with Gasteiger partial charge < -0.3 is 10.1 Å². The molecule has 1 heterocycles. The van der Waals surface area contributed by atoms with Crippen LogP contribution >= 0.6 is 15.9 Å². The zero-order valence-electron chi connectivity index (χ0n) is 10.2. The first-order valence-corrected chi connectivity index (χ1v) is 6.88. The van der Waals surface area contributed by atoms with E-state index in [2.05, 4.69) is 27.0 Å². The molecule has 0 saturated heterocycles. The Kier molecular flexibility index (Phi) is 2.79. The predicted octanol–water partition coefficient (Wildman–Crippen LogP) is 3.17. The number of benzene rings is 1. The van der Waals surface area contributed by atoms with E-state index >= 15 is 0 Å². The number of H-pyrrole nitrogens is 1. The Labute approximate surface area is 114 Å². The number of aliphatic hydroxyl groups is 1. The minimum Gasteiger partial charge on any atom is -0.395 e. The lowest BCUT2D eigenvalue weighted by atomic mass is 10.1. The van der Waals surface area contributed by atoms with Gasteiger partial charge in [0.05, 0.1) is 17.7 Å². The van der Waals surface area contributed by atoms with E-state index in [1.807, 2.05) is 25.1 Å². The minimum atomic E-state index is -0.107. The Morgan fingerprint density at radius 3 is 2.72 bits per heavy atom. The Morgan fingerprint density at radius 1 is 1.39 bits per heavy atom. The summed E-state index contributed by atoms with van der Waals surface area (Å²) in [5.74, 6) is 0.924. The molecule has 3 nitrogen and oxygen atoms in total. The van der Waals surface area contributed by atoms with E-state index < -0.39 is 0 Å². The molecular weight excluding hydrogens is 292 g/mol. The van der Waals surface area contributed by atoms with Crippen LogP contribution in [-0.2, 0) is 5.41 Å².